The Bertz CT molecular complexity index is 438. The van der Waals surface area contributed by atoms with Crippen molar-refractivity contribution in [2.24, 2.45) is 0 Å². The molecule has 1 amide bonds. The Morgan fingerprint density at radius 1 is 1.42 bits per heavy atom. The highest BCUT2D eigenvalue weighted by molar-refractivity contribution is 7.99. The quantitative estimate of drug-likeness (QED) is 0.828. The predicted molar refractivity (Wildman–Crippen MR) is 77.0 cm³/mol. The summed E-state index contributed by atoms with van der Waals surface area (Å²) in [6, 6.07) is 7.36. The second kappa shape index (κ2) is 6.70. The summed E-state index contributed by atoms with van der Waals surface area (Å²) in [5.41, 5.74) is 0. The first-order valence-corrected chi connectivity index (χ1v) is 7.59. The highest BCUT2D eigenvalue weighted by Gasteiger charge is 2.25. The number of likely N-dealkylation sites (tertiary alicyclic amines) is 1. The smallest absolute Gasteiger partial charge is 0.260 e. The number of carbonyl (C=O) groups excluding carboxylic acids is 1. The van der Waals surface area contributed by atoms with E-state index in [4.69, 9.17) is 9.47 Å². The normalized spacial score (nSPS) is 18.4. The predicted octanol–water partition coefficient (Wildman–Crippen LogP) is 2.04. The third kappa shape index (κ3) is 3.56. The number of thioether (sulfide) groups is 1. The van der Waals surface area contributed by atoms with Gasteiger partial charge in [-0.2, -0.15) is 11.8 Å². The molecule has 0 saturated carbocycles. The van der Waals surface area contributed by atoms with Gasteiger partial charge in [0.2, 0.25) is 0 Å². The minimum absolute atomic E-state index is 0.0439. The number of ether oxygens (including phenoxy) is 2. The molecule has 1 atom stereocenters. The molecule has 0 radical (unpaired) electrons. The molecule has 0 bridgehead atoms. The Hall–Kier alpha value is -1.36. The van der Waals surface area contributed by atoms with Crippen molar-refractivity contribution in [1.29, 1.82) is 0 Å². The molecule has 104 valence electrons. The van der Waals surface area contributed by atoms with E-state index < -0.39 is 0 Å². The summed E-state index contributed by atoms with van der Waals surface area (Å²) in [4.78, 5) is 13.9. The second-order valence-electron chi connectivity index (χ2n) is 4.43. The van der Waals surface area contributed by atoms with Crippen molar-refractivity contribution in [2.45, 2.75) is 11.7 Å². The monoisotopic (exact) mass is 281 g/mol. The van der Waals surface area contributed by atoms with E-state index in [1.54, 1.807) is 13.2 Å². The lowest BCUT2D eigenvalue weighted by molar-refractivity contribution is -0.132. The average Bonchev–Trinajstić information content (AvgIpc) is 2.94. The van der Waals surface area contributed by atoms with E-state index in [-0.39, 0.29) is 12.5 Å². The first-order valence-electron chi connectivity index (χ1n) is 6.31. The van der Waals surface area contributed by atoms with Crippen LogP contribution in [0.25, 0.3) is 0 Å². The lowest BCUT2D eigenvalue weighted by atomic mass is 10.3. The first-order chi connectivity index (χ1) is 9.24. The summed E-state index contributed by atoms with van der Waals surface area (Å²) >= 11 is 1.82. The molecule has 1 aliphatic heterocycles. The van der Waals surface area contributed by atoms with Crippen LogP contribution >= 0.6 is 11.8 Å². The zero-order chi connectivity index (χ0) is 13.7. The standard InChI is InChI=1S/C14H19NO3S/c1-17-12-5-3-4-6-13(12)18-10-14(16)15-8-7-11(9-15)19-2/h3-6,11H,7-10H2,1-2H3. The molecule has 0 aliphatic carbocycles. The van der Waals surface area contributed by atoms with E-state index in [1.807, 2.05) is 34.9 Å². The van der Waals surface area contributed by atoms with Gasteiger partial charge in [-0.25, -0.2) is 0 Å². The minimum atomic E-state index is 0.0439. The van der Waals surface area contributed by atoms with E-state index in [0.29, 0.717) is 16.7 Å². The summed E-state index contributed by atoms with van der Waals surface area (Å²) in [5.74, 6) is 1.31. The van der Waals surface area contributed by atoms with Gasteiger partial charge in [0.25, 0.3) is 5.91 Å². The van der Waals surface area contributed by atoms with Gasteiger partial charge < -0.3 is 14.4 Å². The molecule has 0 spiro atoms. The van der Waals surface area contributed by atoms with Crippen molar-refractivity contribution in [3.8, 4) is 11.5 Å². The molecule has 1 aromatic rings. The Morgan fingerprint density at radius 2 is 2.16 bits per heavy atom. The number of benzene rings is 1. The van der Waals surface area contributed by atoms with Gasteiger partial charge in [0, 0.05) is 18.3 Å². The number of amides is 1. The summed E-state index contributed by atoms with van der Waals surface area (Å²) in [5, 5.41) is 0.565. The first kappa shape index (κ1) is 14.1. The molecule has 1 heterocycles. The van der Waals surface area contributed by atoms with E-state index in [0.717, 1.165) is 19.5 Å². The second-order valence-corrected chi connectivity index (χ2v) is 5.56. The summed E-state index contributed by atoms with van der Waals surface area (Å²) in [6.07, 6.45) is 3.16. The van der Waals surface area contributed by atoms with Crippen LogP contribution in [0, 0.1) is 0 Å². The molecule has 4 nitrogen and oxygen atoms in total. The molecule has 1 saturated heterocycles. The van der Waals surface area contributed by atoms with Crippen LogP contribution in [-0.4, -0.2) is 49.1 Å². The number of hydrogen-bond acceptors (Lipinski definition) is 4. The number of rotatable bonds is 5. The lowest BCUT2D eigenvalue weighted by Crippen LogP contribution is -2.33. The van der Waals surface area contributed by atoms with Gasteiger partial charge in [-0.3, -0.25) is 4.79 Å². The van der Waals surface area contributed by atoms with Gasteiger partial charge in [-0.1, -0.05) is 12.1 Å². The number of methoxy groups -OCH3 is 1. The van der Waals surface area contributed by atoms with Gasteiger partial charge in [-0.05, 0) is 24.8 Å². The Balaban J connectivity index is 1.87. The maximum atomic E-state index is 12.0. The molecule has 0 aromatic heterocycles. The van der Waals surface area contributed by atoms with E-state index >= 15 is 0 Å². The largest absolute Gasteiger partial charge is 0.493 e. The van der Waals surface area contributed by atoms with Crippen LogP contribution in [-0.2, 0) is 4.79 Å². The van der Waals surface area contributed by atoms with Gasteiger partial charge in [-0.15, -0.1) is 0 Å². The van der Waals surface area contributed by atoms with Gasteiger partial charge in [0.1, 0.15) is 0 Å². The lowest BCUT2D eigenvalue weighted by Gasteiger charge is -2.17. The number of nitrogens with zero attached hydrogens (tertiary/aromatic N) is 1. The van der Waals surface area contributed by atoms with Crippen molar-refractivity contribution in [2.75, 3.05) is 33.1 Å². The number of carbonyl (C=O) groups is 1. The molecular formula is C14H19NO3S. The van der Waals surface area contributed by atoms with Crippen molar-refractivity contribution in [3.63, 3.8) is 0 Å². The Morgan fingerprint density at radius 3 is 2.79 bits per heavy atom. The maximum absolute atomic E-state index is 12.0. The SMILES string of the molecule is COc1ccccc1OCC(=O)N1CCC(SC)C1. The molecule has 19 heavy (non-hydrogen) atoms. The summed E-state index contributed by atoms with van der Waals surface area (Å²) in [6.45, 7) is 1.73. The Kier molecular flexibility index (Phi) is 4.96. The van der Waals surface area contributed by atoms with E-state index in [2.05, 4.69) is 6.26 Å². The zero-order valence-electron chi connectivity index (χ0n) is 11.3. The van der Waals surface area contributed by atoms with Crippen LogP contribution in [0.1, 0.15) is 6.42 Å². The topological polar surface area (TPSA) is 38.8 Å². The van der Waals surface area contributed by atoms with Crippen LogP contribution < -0.4 is 9.47 Å². The van der Waals surface area contributed by atoms with Crippen LogP contribution in [0.3, 0.4) is 0 Å². The molecule has 1 aliphatic rings. The maximum Gasteiger partial charge on any atom is 0.260 e. The van der Waals surface area contributed by atoms with Gasteiger partial charge in [0.05, 0.1) is 7.11 Å². The molecule has 1 aromatic carbocycles. The van der Waals surface area contributed by atoms with E-state index in [1.165, 1.54) is 0 Å². The van der Waals surface area contributed by atoms with Crippen molar-refractivity contribution in [1.82, 2.24) is 4.90 Å². The molecule has 0 N–H and O–H groups in total. The molecule has 5 heteroatoms. The third-order valence-corrected chi connectivity index (χ3v) is 4.30. The third-order valence-electron chi connectivity index (χ3n) is 3.25. The average molecular weight is 281 g/mol. The van der Waals surface area contributed by atoms with Crippen LogP contribution in [0.5, 0.6) is 11.5 Å². The van der Waals surface area contributed by atoms with Gasteiger partial charge >= 0.3 is 0 Å². The van der Waals surface area contributed by atoms with Crippen molar-refractivity contribution >= 4 is 17.7 Å². The highest BCUT2D eigenvalue weighted by Crippen LogP contribution is 2.26. The zero-order valence-corrected chi connectivity index (χ0v) is 12.1. The van der Waals surface area contributed by atoms with Crippen molar-refractivity contribution < 1.29 is 14.3 Å². The highest BCUT2D eigenvalue weighted by atomic mass is 32.2. The van der Waals surface area contributed by atoms with Crippen LogP contribution in [0.15, 0.2) is 24.3 Å². The molecular weight excluding hydrogens is 262 g/mol. The Labute approximate surface area is 118 Å². The van der Waals surface area contributed by atoms with Gasteiger partial charge in [0.15, 0.2) is 18.1 Å². The minimum Gasteiger partial charge on any atom is -0.493 e. The number of para-hydroxylation sites is 2. The van der Waals surface area contributed by atoms with E-state index in [9.17, 15) is 4.79 Å². The number of hydrogen-bond donors (Lipinski definition) is 0. The van der Waals surface area contributed by atoms with Crippen LogP contribution in [0.2, 0.25) is 0 Å². The van der Waals surface area contributed by atoms with Crippen molar-refractivity contribution in [3.05, 3.63) is 24.3 Å². The fourth-order valence-electron chi connectivity index (χ4n) is 2.12. The fraction of sp³-hybridized carbons (Fsp3) is 0.500. The molecule has 2 rings (SSSR count). The summed E-state index contributed by atoms with van der Waals surface area (Å²) < 4.78 is 10.7. The van der Waals surface area contributed by atoms with Crippen LogP contribution in [0.4, 0.5) is 0 Å². The summed E-state index contributed by atoms with van der Waals surface area (Å²) in [7, 11) is 1.59. The fourth-order valence-corrected chi connectivity index (χ4v) is 2.79. The molecule has 1 fully saturated rings. The molecule has 1 unspecified atom stereocenters.